The van der Waals surface area contributed by atoms with Gasteiger partial charge in [0.25, 0.3) is 0 Å². The van der Waals surface area contributed by atoms with Crippen LogP contribution < -0.4 is 0 Å². The lowest BCUT2D eigenvalue weighted by molar-refractivity contribution is -0.292. The number of rotatable bonds is 4. The first-order valence-electron chi connectivity index (χ1n) is 4.64. The summed E-state index contributed by atoms with van der Waals surface area (Å²) < 4.78 is 9.86. The topological polar surface area (TPSA) is 99.4 Å². The third-order valence-corrected chi connectivity index (χ3v) is 2.25. The maximum atomic E-state index is 9.63. The molecule has 1 aliphatic heterocycles. The van der Waals surface area contributed by atoms with E-state index in [9.17, 15) is 15.3 Å². The summed E-state index contributed by atoms with van der Waals surface area (Å²) in [7, 11) is 0. The van der Waals surface area contributed by atoms with Crippen LogP contribution >= 0.6 is 0 Å². The van der Waals surface area contributed by atoms with Crippen molar-refractivity contribution in [2.75, 3.05) is 13.2 Å². The highest BCUT2D eigenvalue weighted by Gasteiger charge is 2.44. The van der Waals surface area contributed by atoms with E-state index in [-0.39, 0.29) is 6.61 Å². The SMILES string of the molecule is C=CCO[C@@H]1[C@H](O)[C@@H](CO)OC(O)[C@@H]1O. The molecule has 1 fully saturated rings. The van der Waals surface area contributed by atoms with Crippen molar-refractivity contribution in [1.82, 2.24) is 0 Å². The molecule has 0 aromatic carbocycles. The summed E-state index contributed by atoms with van der Waals surface area (Å²) in [6.07, 6.45) is -4.51. The predicted molar refractivity (Wildman–Crippen MR) is 49.9 cm³/mol. The Balaban J connectivity index is 2.65. The highest BCUT2D eigenvalue weighted by Crippen LogP contribution is 2.22. The lowest BCUT2D eigenvalue weighted by Crippen LogP contribution is -2.59. The first-order valence-corrected chi connectivity index (χ1v) is 4.64. The molecule has 0 radical (unpaired) electrons. The summed E-state index contributed by atoms with van der Waals surface area (Å²) in [5.74, 6) is 0. The van der Waals surface area contributed by atoms with Crippen LogP contribution in [0.2, 0.25) is 0 Å². The number of ether oxygens (including phenoxy) is 2. The van der Waals surface area contributed by atoms with E-state index in [1.807, 2.05) is 0 Å². The average molecular weight is 220 g/mol. The molecule has 1 heterocycles. The van der Waals surface area contributed by atoms with Crippen molar-refractivity contribution in [3.63, 3.8) is 0 Å². The average Bonchev–Trinajstić information content (AvgIpc) is 2.23. The minimum absolute atomic E-state index is 0.129. The molecular formula is C9H16O6. The maximum Gasteiger partial charge on any atom is 0.184 e. The second-order valence-electron chi connectivity index (χ2n) is 3.32. The molecule has 0 spiro atoms. The molecule has 0 aromatic heterocycles. The van der Waals surface area contributed by atoms with Crippen LogP contribution in [-0.4, -0.2) is 64.3 Å². The zero-order valence-electron chi connectivity index (χ0n) is 8.19. The molecule has 5 atom stereocenters. The van der Waals surface area contributed by atoms with E-state index in [1.54, 1.807) is 0 Å². The Hall–Kier alpha value is -0.500. The Morgan fingerprint density at radius 3 is 2.47 bits per heavy atom. The molecule has 1 unspecified atom stereocenters. The van der Waals surface area contributed by atoms with E-state index in [1.165, 1.54) is 6.08 Å². The highest BCUT2D eigenvalue weighted by molar-refractivity contribution is 4.90. The summed E-state index contributed by atoms with van der Waals surface area (Å²) in [5, 5.41) is 37.2. The van der Waals surface area contributed by atoms with E-state index in [2.05, 4.69) is 6.58 Å². The summed E-state index contributed by atoms with van der Waals surface area (Å²) in [6, 6.07) is 0. The standard InChI is InChI=1S/C9H16O6/c1-2-3-14-8-6(11)5(4-10)15-9(13)7(8)12/h2,5-13H,1,3-4H2/t5-,6-,7-,8-,9?/m1/s1. The molecule has 0 bridgehead atoms. The Morgan fingerprint density at radius 2 is 1.93 bits per heavy atom. The molecule has 0 aliphatic carbocycles. The molecule has 1 aliphatic rings. The van der Waals surface area contributed by atoms with E-state index in [0.29, 0.717) is 0 Å². The first-order chi connectivity index (χ1) is 7.11. The van der Waals surface area contributed by atoms with Crippen molar-refractivity contribution in [2.45, 2.75) is 30.7 Å². The zero-order valence-corrected chi connectivity index (χ0v) is 8.19. The van der Waals surface area contributed by atoms with Gasteiger partial charge in [-0.3, -0.25) is 0 Å². The fourth-order valence-corrected chi connectivity index (χ4v) is 1.44. The number of hydrogen-bond acceptors (Lipinski definition) is 6. The molecule has 0 aromatic rings. The Bertz CT molecular complexity index is 209. The molecule has 6 nitrogen and oxygen atoms in total. The summed E-state index contributed by atoms with van der Waals surface area (Å²) in [4.78, 5) is 0. The number of aliphatic hydroxyl groups excluding tert-OH is 4. The Labute approximate surface area is 87.4 Å². The van der Waals surface area contributed by atoms with Gasteiger partial charge in [-0.25, -0.2) is 0 Å². The van der Waals surface area contributed by atoms with Crippen LogP contribution in [0, 0.1) is 0 Å². The van der Waals surface area contributed by atoms with Gasteiger partial charge >= 0.3 is 0 Å². The van der Waals surface area contributed by atoms with E-state index < -0.39 is 37.3 Å². The van der Waals surface area contributed by atoms with Crippen LogP contribution in [0.1, 0.15) is 0 Å². The number of aliphatic hydroxyl groups is 4. The van der Waals surface area contributed by atoms with Gasteiger partial charge in [0.2, 0.25) is 0 Å². The van der Waals surface area contributed by atoms with Gasteiger partial charge in [-0.05, 0) is 0 Å². The molecule has 1 saturated heterocycles. The van der Waals surface area contributed by atoms with Crippen LogP contribution in [0.15, 0.2) is 12.7 Å². The van der Waals surface area contributed by atoms with Crippen LogP contribution in [0.5, 0.6) is 0 Å². The largest absolute Gasteiger partial charge is 0.394 e. The number of hydrogen-bond donors (Lipinski definition) is 4. The van der Waals surface area contributed by atoms with E-state index in [4.69, 9.17) is 14.6 Å². The quantitative estimate of drug-likeness (QED) is 0.408. The fourth-order valence-electron chi connectivity index (χ4n) is 1.44. The van der Waals surface area contributed by atoms with Gasteiger partial charge in [-0.1, -0.05) is 6.08 Å². The van der Waals surface area contributed by atoms with Crippen molar-refractivity contribution >= 4 is 0 Å². The van der Waals surface area contributed by atoms with Crippen molar-refractivity contribution in [3.05, 3.63) is 12.7 Å². The van der Waals surface area contributed by atoms with Gasteiger partial charge in [0.05, 0.1) is 13.2 Å². The van der Waals surface area contributed by atoms with Crippen LogP contribution in [0.4, 0.5) is 0 Å². The highest BCUT2D eigenvalue weighted by atomic mass is 16.6. The monoisotopic (exact) mass is 220 g/mol. The zero-order chi connectivity index (χ0) is 11.4. The Kier molecular flexibility index (Phi) is 4.65. The normalized spacial score (nSPS) is 41.5. The van der Waals surface area contributed by atoms with Gasteiger partial charge in [-0.15, -0.1) is 6.58 Å². The van der Waals surface area contributed by atoms with Gasteiger partial charge in [0.1, 0.15) is 24.4 Å². The molecule has 1 rings (SSSR count). The van der Waals surface area contributed by atoms with Crippen molar-refractivity contribution < 1.29 is 29.9 Å². The van der Waals surface area contributed by atoms with Crippen LogP contribution in [-0.2, 0) is 9.47 Å². The van der Waals surface area contributed by atoms with Crippen molar-refractivity contribution in [1.29, 1.82) is 0 Å². The van der Waals surface area contributed by atoms with Crippen molar-refractivity contribution in [2.24, 2.45) is 0 Å². The predicted octanol–water partition coefficient (Wildman–Crippen LogP) is -2.01. The fraction of sp³-hybridized carbons (Fsp3) is 0.778. The molecule has 88 valence electrons. The second kappa shape index (κ2) is 5.55. The molecule has 0 saturated carbocycles. The smallest absolute Gasteiger partial charge is 0.184 e. The summed E-state index contributed by atoms with van der Waals surface area (Å²) in [5.41, 5.74) is 0. The molecule has 0 amide bonds. The molecular weight excluding hydrogens is 204 g/mol. The minimum atomic E-state index is -1.47. The summed E-state index contributed by atoms with van der Waals surface area (Å²) >= 11 is 0. The Morgan fingerprint density at radius 1 is 1.27 bits per heavy atom. The first kappa shape index (κ1) is 12.6. The van der Waals surface area contributed by atoms with Crippen molar-refractivity contribution in [3.8, 4) is 0 Å². The lowest BCUT2D eigenvalue weighted by Gasteiger charge is -2.39. The minimum Gasteiger partial charge on any atom is -0.394 e. The second-order valence-corrected chi connectivity index (χ2v) is 3.32. The third-order valence-electron chi connectivity index (χ3n) is 2.25. The maximum absolute atomic E-state index is 9.63. The van der Waals surface area contributed by atoms with Crippen LogP contribution in [0.3, 0.4) is 0 Å². The summed E-state index contributed by atoms with van der Waals surface area (Å²) in [6.45, 7) is 3.09. The van der Waals surface area contributed by atoms with Gasteiger partial charge in [0.15, 0.2) is 6.29 Å². The third kappa shape index (κ3) is 2.75. The van der Waals surface area contributed by atoms with Crippen LogP contribution in [0.25, 0.3) is 0 Å². The van der Waals surface area contributed by atoms with E-state index >= 15 is 0 Å². The van der Waals surface area contributed by atoms with Gasteiger partial charge in [-0.2, -0.15) is 0 Å². The van der Waals surface area contributed by atoms with Gasteiger partial charge in [0, 0.05) is 0 Å². The molecule has 4 N–H and O–H groups in total. The molecule has 15 heavy (non-hydrogen) atoms. The van der Waals surface area contributed by atoms with Gasteiger partial charge < -0.3 is 29.9 Å². The van der Waals surface area contributed by atoms with E-state index in [0.717, 1.165) is 0 Å². The lowest BCUT2D eigenvalue weighted by atomic mass is 9.99. The molecule has 6 heteroatoms.